The van der Waals surface area contributed by atoms with Crippen LogP contribution >= 0.6 is 0 Å². The summed E-state index contributed by atoms with van der Waals surface area (Å²) in [6, 6.07) is 14.3. The zero-order valence-electron chi connectivity index (χ0n) is 22.5. The highest BCUT2D eigenvalue weighted by molar-refractivity contribution is 6.05. The van der Waals surface area contributed by atoms with Crippen LogP contribution in [0.3, 0.4) is 0 Å². The van der Waals surface area contributed by atoms with Gasteiger partial charge in [-0.05, 0) is 88.1 Å². The molecule has 37 heavy (non-hydrogen) atoms. The first kappa shape index (κ1) is 26.7. The van der Waals surface area contributed by atoms with E-state index in [1.807, 2.05) is 70.2 Å². The quantitative estimate of drug-likeness (QED) is 0.502. The van der Waals surface area contributed by atoms with Crippen molar-refractivity contribution in [3.05, 3.63) is 59.7 Å². The molecule has 1 saturated carbocycles. The van der Waals surface area contributed by atoms with Crippen molar-refractivity contribution < 1.29 is 14.4 Å². The van der Waals surface area contributed by atoms with Crippen LogP contribution in [0, 0.1) is 12.8 Å². The molecule has 7 nitrogen and oxygen atoms in total. The van der Waals surface area contributed by atoms with Crippen LogP contribution in [0.5, 0.6) is 0 Å². The molecule has 1 aliphatic carbocycles. The second-order valence-electron chi connectivity index (χ2n) is 11.5. The van der Waals surface area contributed by atoms with E-state index in [1.54, 1.807) is 4.90 Å². The number of carbonyl (C=O) groups excluding carboxylic acids is 3. The first-order valence-corrected chi connectivity index (χ1v) is 13.5. The Bertz CT molecular complexity index is 1130. The SMILES string of the molecule is Cc1cccc(NC(=O)NC2CC(C3CCCCC3)c3ccccc3N(CC(=O)NC(C)(C)C)C2=O)c1. The zero-order chi connectivity index (χ0) is 26.6. The van der Waals surface area contributed by atoms with Gasteiger partial charge in [0.1, 0.15) is 12.6 Å². The predicted octanol–water partition coefficient (Wildman–Crippen LogP) is 5.50. The summed E-state index contributed by atoms with van der Waals surface area (Å²) in [5.41, 5.74) is 3.16. The summed E-state index contributed by atoms with van der Waals surface area (Å²) in [5, 5.41) is 8.81. The van der Waals surface area contributed by atoms with Crippen LogP contribution in [0.1, 0.15) is 76.3 Å². The largest absolute Gasteiger partial charge is 0.350 e. The molecule has 1 heterocycles. The van der Waals surface area contributed by atoms with Gasteiger partial charge in [-0.2, -0.15) is 0 Å². The molecule has 1 aliphatic heterocycles. The van der Waals surface area contributed by atoms with E-state index < -0.39 is 17.6 Å². The predicted molar refractivity (Wildman–Crippen MR) is 148 cm³/mol. The molecule has 0 spiro atoms. The van der Waals surface area contributed by atoms with Gasteiger partial charge in [-0.3, -0.25) is 9.59 Å². The summed E-state index contributed by atoms with van der Waals surface area (Å²) in [4.78, 5) is 41.6. The maximum atomic E-state index is 14.0. The Morgan fingerprint density at radius 1 is 1.00 bits per heavy atom. The molecule has 198 valence electrons. The smallest absolute Gasteiger partial charge is 0.319 e. The van der Waals surface area contributed by atoms with E-state index in [2.05, 4.69) is 22.0 Å². The molecule has 0 aromatic heterocycles. The third-order valence-electron chi connectivity index (χ3n) is 7.30. The number of aryl methyl sites for hydroxylation is 1. The minimum atomic E-state index is -0.744. The Balaban J connectivity index is 1.65. The van der Waals surface area contributed by atoms with Crippen LogP contribution in [0.25, 0.3) is 0 Å². The van der Waals surface area contributed by atoms with Crippen LogP contribution in [0.4, 0.5) is 16.2 Å². The Labute approximate surface area is 220 Å². The van der Waals surface area contributed by atoms with Crippen LogP contribution in [0.2, 0.25) is 0 Å². The number of anilines is 2. The number of hydrogen-bond donors (Lipinski definition) is 3. The molecule has 7 heteroatoms. The van der Waals surface area contributed by atoms with Gasteiger partial charge in [0, 0.05) is 16.9 Å². The number of nitrogens with one attached hydrogen (secondary N) is 3. The zero-order valence-corrected chi connectivity index (χ0v) is 22.5. The fourth-order valence-electron chi connectivity index (χ4n) is 5.75. The van der Waals surface area contributed by atoms with Crippen molar-refractivity contribution in [2.45, 2.75) is 83.7 Å². The number of urea groups is 1. The van der Waals surface area contributed by atoms with Crippen molar-refractivity contribution in [3.63, 3.8) is 0 Å². The molecule has 0 saturated heterocycles. The van der Waals surface area contributed by atoms with Crippen molar-refractivity contribution in [1.29, 1.82) is 0 Å². The molecule has 3 N–H and O–H groups in total. The van der Waals surface area contributed by atoms with Gasteiger partial charge in [0.2, 0.25) is 11.8 Å². The number of hydrogen-bond acceptors (Lipinski definition) is 3. The Hall–Kier alpha value is -3.35. The first-order chi connectivity index (χ1) is 17.6. The summed E-state index contributed by atoms with van der Waals surface area (Å²) in [5.74, 6) is 0.0829. The van der Waals surface area contributed by atoms with E-state index in [-0.39, 0.29) is 24.3 Å². The van der Waals surface area contributed by atoms with Crippen molar-refractivity contribution in [2.75, 3.05) is 16.8 Å². The first-order valence-electron chi connectivity index (χ1n) is 13.5. The minimum absolute atomic E-state index is 0.0951. The highest BCUT2D eigenvalue weighted by atomic mass is 16.2. The van der Waals surface area contributed by atoms with Gasteiger partial charge in [-0.15, -0.1) is 0 Å². The lowest BCUT2D eigenvalue weighted by molar-refractivity contribution is -0.125. The van der Waals surface area contributed by atoms with Crippen LogP contribution in [0.15, 0.2) is 48.5 Å². The van der Waals surface area contributed by atoms with Gasteiger partial charge in [-0.1, -0.05) is 49.6 Å². The monoisotopic (exact) mass is 504 g/mol. The van der Waals surface area contributed by atoms with Gasteiger partial charge >= 0.3 is 6.03 Å². The molecule has 2 aromatic rings. The number of para-hydroxylation sites is 1. The molecular weight excluding hydrogens is 464 g/mol. The fraction of sp³-hybridized carbons (Fsp3) is 0.500. The summed E-state index contributed by atoms with van der Waals surface area (Å²) in [6.07, 6.45) is 6.34. The van der Waals surface area contributed by atoms with Gasteiger partial charge in [0.25, 0.3) is 0 Å². The number of amides is 4. The number of nitrogens with zero attached hydrogens (tertiary/aromatic N) is 1. The van der Waals surface area contributed by atoms with Gasteiger partial charge in [0.05, 0.1) is 0 Å². The van der Waals surface area contributed by atoms with Crippen molar-refractivity contribution in [3.8, 4) is 0 Å². The van der Waals surface area contributed by atoms with E-state index in [9.17, 15) is 14.4 Å². The van der Waals surface area contributed by atoms with Crippen LogP contribution in [-0.2, 0) is 9.59 Å². The third-order valence-corrected chi connectivity index (χ3v) is 7.30. The highest BCUT2D eigenvalue weighted by Crippen LogP contribution is 2.44. The lowest BCUT2D eigenvalue weighted by Crippen LogP contribution is -2.53. The number of rotatable bonds is 5. The Morgan fingerprint density at radius 2 is 1.73 bits per heavy atom. The lowest BCUT2D eigenvalue weighted by atomic mass is 9.74. The highest BCUT2D eigenvalue weighted by Gasteiger charge is 2.39. The second-order valence-corrected chi connectivity index (χ2v) is 11.5. The number of benzene rings is 2. The molecule has 0 radical (unpaired) electrons. The topological polar surface area (TPSA) is 90.5 Å². The molecule has 1 fully saturated rings. The Kier molecular flexibility index (Phi) is 8.20. The molecule has 2 atom stereocenters. The summed E-state index contributed by atoms with van der Waals surface area (Å²) in [7, 11) is 0. The minimum Gasteiger partial charge on any atom is -0.350 e. The standard InChI is InChI=1S/C30H40N4O3/c1-20-11-10-14-22(17-20)31-29(37)32-25-18-24(21-12-6-5-7-13-21)23-15-8-9-16-26(23)34(28(25)36)19-27(35)33-30(2,3)4/h8-11,14-17,21,24-25H,5-7,12-13,18-19H2,1-4H3,(H,33,35)(H2,31,32,37). The van der Waals surface area contributed by atoms with Gasteiger partial charge < -0.3 is 20.9 Å². The van der Waals surface area contributed by atoms with E-state index in [0.717, 1.165) is 29.7 Å². The number of carbonyl (C=O) groups is 3. The molecule has 4 rings (SSSR count). The molecular formula is C30H40N4O3. The Morgan fingerprint density at radius 3 is 2.43 bits per heavy atom. The van der Waals surface area contributed by atoms with Gasteiger partial charge in [0.15, 0.2) is 0 Å². The van der Waals surface area contributed by atoms with E-state index in [0.29, 0.717) is 18.0 Å². The van der Waals surface area contributed by atoms with Gasteiger partial charge in [-0.25, -0.2) is 4.79 Å². The van der Waals surface area contributed by atoms with Crippen molar-refractivity contribution >= 4 is 29.2 Å². The third kappa shape index (κ3) is 6.90. The molecule has 4 amide bonds. The molecule has 2 unspecified atom stereocenters. The number of fused-ring (bicyclic) bond motifs is 1. The lowest BCUT2D eigenvalue weighted by Gasteiger charge is -2.32. The van der Waals surface area contributed by atoms with E-state index in [4.69, 9.17) is 0 Å². The average Bonchev–Trinajstić information content (AvgIpc) is 2.94. The van der Waals surface area contributed by atoms with E-state index in [1.165, 1.54) is 19.3 Å². The summed E-state index contributed by atoms with van der Waals surface area (Å²) in [6.45, 7) is 7.62. The summed E-state index contributed by atoms with van der Waals surface area (Å²) < 4.78 is 0. The van der Waals surface area contributed by atoms with E-state index >= 15 is 0 Å². The molecule has 2 aliphatic rings. The van der Waals surface area contributed by atoms with Crippen LogP contribution < -0.4 is 20.9 Å². The normalized spacial score (nSPS) is 20.5. The van der Waals surface area contributed by atoms with Crippen molar-refractivity contribution in [2.24, 2.45) is 5.92 Å². The van der Waals surface area contributed by atoms with Crippen molar-refractivity contribution in [1.82, 2.24) is 10.6 Å². The second kappa shape index (κ2) is 11.4. The fourth-order valence-corrected chi connectivity index (χ4v) is 5.75. The maximum absolute atomic E-state index is 14.0. The maximum Gasteiger partial charge on any atom is 0.319 e. The summed E-state index contributed by atoms with van der Waals surface area (Å²) >= 11 is 0. The molecule has 0 bridgehead atoms. The van der Waals surface area contributed by atoms with Crippen LogP contribution in [-0.4, -0.2) is 36.0 Å². The molecule has 2 aromatic carbocycles. The average molecular weight is 505 g/mol.